The fraction of sp³-hybridized carbons (Fsp3) is 0.500. The van der Waals surface area contributed by atoms with Crippen molar-refractivity contribution < 1.29 is 14.3 Å². The van der Waals surface area contributed by atoms with Gasteiger partial charge in [-0.1, -0.05) is 6.07 Å². The predicted octanol–water partition coefficient (Wildman–Crippen LogP) is 0.480. The van der Waals surface area contributed by atoms with Crippen molar-refractivity contribution in [1.82, 2.24) is 10.2 Å². The summed E-state index contributed by atoms with van der Waals surface area (Å²) in [4.78, 5) is 28.1. The van der Waals surface area contributed by atoms with Gasteiger partial charge < -0.3 is 19.9 Å². The van der Waals surface area contributed by atoms with Gasteiger partial charge in [0.15, 0.2) is 0 Å². The molecule has 0 saturated carbocycles. The number of carbonyl (C=O) groups excluding carboxylic acids is 2. The van der Waals surface area contributed by atoms with Crippen LogP contribution in [0.3, 0.4) is 0 Å². The van der Waals surface area contributed by atoms with Gasteiger partial charge in [-0.3, -0.25) is 9.59 Å². The number of hydrogen-bond acceptors (Lipinski definition) is 4. The first-order valence-electron chi connectivity index (χ1n) is 7.64. The Hall–Kier alpha value is -2.24. The summed E-state index contributed by atoms with van der Waals surface area (Å²) in [7, 11) is 1.66. The highest BCUT2D eigenvalue weighted by Gasteiger charge is 2.35. The predicted molar refractivity (Wildman–Crippen MR) is 82.9 cm³/mol. The molecule has 6 heteroatoms. The molecule has 2 amide bonds. The lowest BCUT2D eigenvalue weighted by Crippen LogP contribution is -2.51. The molecule has 1 aromatic carbocycles. The van der Waals surface area contributed by atoms with Crippen LogP contribution in [0, 0.1) is 5.92 Å². The molecule has 22 heavy (non-hydrogen) atoms. The van der Waals surface area contributed by atoms with Gasteiger partial charge in [-0.2, -0.15) is 0 Å². The van der Waals surface area contributed by atoms with Crippen molar-refractivity contribution in [2.45, 2.75) is 6.42 Å². The zero-order valence-electron chi connectivity index (χ0n) is 12.7. The summed E-state index contributed by atoms with van der Waals surface area (Å²) in [6, 6.07) is 7.93. The number of anilines is 1. The van der Waals surface area contributed by atoms with Crippen LogP contribution >= 0.6 is 0 Å². The van der Waals surface area contributed by atoms with Gasteiger partial charge in [-0.05, 0) is 18.6 Å². The number of rotatable bonds is 3. The van der Waals surface area contributed by atoms with Crippen molar-refractivity contribution in [3.63, 3.8) is 0 Å². The van der Waals surface area contributed by atoms with Crippen LogP contribution in [-0.2, 0) is 9.59 Å². The van der Waals surface area contributed by atoms with E-state index in [0.29, 0.717) is 26.1 Å². The summed E-state index contributed by atoms with van der Waals surface area (Å²) < 4.78 is 5.25. The van der Waals surface area contributed by atoms with Crippen LogP contribution in [0.25, 0.3) is 0 Å². The zero-order valence-corrected chi connectivity index (χ0v) is 12.7. The first-order chi connectivity index (χ1) is 10.7. The van der Waals surface area contributed by atoms with Crippen molar-refractivity contribution in [3.05, 3.63) is 24.3 Å². The largest absolute Gasteiger partial charge is 0.497 e. The third kappa shape index (κ3) is 2.86. The number of piperazine rings is 1. The third-order valence-electron chi connectivity index (χ3n) is 4.36. The van der Waals surface area contributed by atoms with Crippen LogP contribution < -0.4 is 15.0 Å². The van der Waals surface area contributed by atoms with Crippen LogP contribution in [0.4, 0.5) is 5.69 Å². The molecule has 0 spiro atoms. The van der Waals surface area contributed by atoms with Gasteiger partial charge in [0.2, 0.25) is 11.8 Å². The van der Waals surface area contributed by atoms with E-state index in [1.54, 1.807) is 7.11 Å². The summed E-state index contributed by atoms with van der Waals surface area (Å²) in [5.74, 6) is 0.197. The van der Waals surface area contributed by atoms with E-state index < -0.39 is 5.92 Å². The van der Waals surface area contributed by atoms with E-state index >= 15 is 0 Å². The summed E-state index contributed by atoms with van der Waals surface area (Å²) >= 11 is 0. The van der Waals surface area contributed by atoms with E-state index in [4.69, 9.17) is 4.74 Å². The lowest BCUT2D eigenvalue weighted by molar-refractivity contribution is -0.140. The highest BCUT2D eigenvalue weighted by atomic mass is 16.5. The maximum absolute atomic E-state index is 12.4. The van der Waals surface area contributed by atoms with Crippen LogP contribution in [0.1, 0.15) is 6.42 Å². The standard InChI is InChI=1S/C16H21N3O3/c1-22-13-4-2-3-12(11-13)18-7-9-19(10-8-18)16(21)14-5-6-17-15(14)20/h2-4,11,14H,5-10H2,1H3,(H,17,20)/t14-/m1/s1. The lowest BCUT2D eigenvalue weighted by Gasteiger charge is -2.37. The summed E-state index contributed by atoms with van der Waals surface area (Å²) in [5.41, 5.74) is 1.10. The van der Waals surface area contributed by atoms with Gasteiger partial charge in [0, 0.05) is 44.5 Å². The maximum Gasteiger partial charge on any atom is 0.235 e. The maximum atomic E-state index is 12.4. The summed E-state index contributed by atoms with van der Waals surface area (Å²) in [6.45, 7) is 3.46. The average Bonchev–Trinajstić information content (AvgIpc) is 3.00. The molecule has 2 aliphatic heterocycles. The van der Waals surface area contributed by atoms with Gasteiger partial charge >= 0.3 is 0 Å². The average molecular weight is 303 g/mol. The van der Waals surface area contributed by atoms with E-state index in [9.17, 15) is 9.59 Å². The molecule has 2 fully saturated rings. The molecule has 2 saturated heterocycles. The molecule has 1 N–H and O–H groups in total. The zero-order chi connectivity index (χ0) is 15.5. The first-order valence-corrected chi connectivity index (χ1v) is 7.64. The highest BCUT2D eigenvalue weighted by Crippen LogP contribution is 2.23. The van der Waals surface area contributed by atoms with Gasteiger partial charge in [0.1, 0.15) is 11.7 Å². The Balaban J connectivity index is 1.60. The van der Waals surface area contributed by atoms with Gasteiger partial charge in [0.05, 0.1) is 7.11 Å². The summed E-state index contributed by atoms with van der Waals surface area (Å²) in [6.07, 6.45) is 0.619. The van der Waals surface area contributed by atoms with Crippen LogP contribution in [-0.4, -0.2) is 56.5 Å². The Labute approximate surface area is 130 Å². The topological polar surface area (TPSA) is 61.9 Å². The van der Waals surface area contributed by atoms with Crippen molar-refractivity contribution >= 4 is 17.5 Å². The van der Waals surface area contributed by atoms with Crippen LogP contribution in [0.2, 0.25) is 0 Å². The number of nitrogens with one attached hydrogen (secondary N) is 1. The third-order valence-corrected chi connectivity index (χ3v) is 4.36. The van der Waals surface area contributed by atoms with Gasteiger partial charge in [-0.15, -0.1) is 0 Å². The molecule has 118 valence electrons. The molecule has 2 heterocycles. The molecule has 1 aromatic rings. The van der Waals surface area contributed by atoms with Crippen molar-refractivity contribution in [3.8, 4) is 5.75 Å². The number of benzene rings is 1. The van der Waals surface area contributed by atoms with Crippen molar-refractivity contribution in [1.29, 1.82) is 0 Å². The minimum absolute atomic E-state index is 0.0275. The molecular formula is C16H21N3O3. The number of methoxy groups -OCH3 is 1. The molecule has 0 radical (unpaired) electrons. The van der Waals surface area contributed by atoms with Crippen LogP contribution in [0.5, 0.6) is 5.75 Å². The second-order valence-corrected chi connectivity index (χ2v) is 5.65. The number of carbonyl (C=O) groups is 2. The smallest absolute Gasteiger partial charge is 0.235 e. The Kier molecular flexibility index (Phi) is 4.18. The quantitative estimate of drug-likeness (QED) is 0.825. The molecule has 0 aliphatic carbocycles. The number of hydrogen-bond donors (Lipinski definition) is 1. The second kappa shape index (κ2) is 6.25. The molecule has 6 nitrogen and oxygen atoms in total. The Bertz CT molecular complexity index is 568. The van der Waals surface area contributed by atoms with Gasteiger partial charge in [-0.25, -0.2) is 0 Å². The van der Waals surface area contributed by atoms with E-state index in [0.717, 1.165) is 24.5 Å². The van der Waals surface area contributed by atoms with E-state index in [1.807, 2.05) is 29.2 Å². The molecule has 0 bridgehead atoms. The second-order valence-electron chi connectivity index (χ2n) is 5.65. The highest BCUT2D eigenvalue weighted by molar-refractivity contribution is 6.01. The molecule has 1 atom stereocenters. The van der Waals surface area contributed by atoms with E-state index in [2.05, 4.69) is 10.2 Å². The number of nitrogens with zero attached hydrogens (tertiary/aromatic N) is 2. The van der Waals surface area contributed by atoms with Crippen molar-refractivity contribution in [2.75, 3.05) is 44.7 Å². The van der Waals surface area contributed by atoms with E-state index in [1.165, 1.54) is 0 Å². The first kappa shape index (κ1) is 14.7. The summed E-state index contributed by atoms with van der Waals surface area (Å²) in [5, 5.41) is 2.73. The number of ether oxygens (including phenoxy) is 1. The Morgan fingerprint density at radius 1 is 1.27 bits per heavy atom. The molecule has 2 aliphatic rings. The minimum Gasteiger partial charge on any atom is -0.497 e. The molecule has 0 unspecified atom stereocenters. The molecule has 0 aromatic heterocycles. The fourth-order valence-corrected chi connectivity index (χ4v) is 3.04. The van der Waals surface area contributed by atoms with Crippen LogP contribution in [0.15, 0.2) is 24.3 Å². The SMILES string of the molecule is COc1cccc(N2CCN(C(=O)[C@@H]3CCNC3=O)CC2)c1. The van der Waals surface area contributed by atoms with Crippen molar-refractivity contribution in [2.24, 2.45) is 5.92 Å². The monoisotopic (exact) mass is 303 g/mol. The molecule has 3 rings (SSSR count). The number of amides is 2. The minimum atomic E-state index is -0.483. The lowest BCUT2D eigenvalue weighted by atomic mass is 10.1. The fourth-order valence-electron chi connectivity index (χ4n) is 3.04. The van der Waals surface area contributed by atoms with E-state index in [-0.39, 0.29) is 11.8 Å². The normalized spacial score (nSPS) is 21.7. The Morgan fingerprint density at radius 3 is 2.68 bits per heavy atom. The van der Waals surface area contributed by atoms with Gasteiger partial charge in [0.25, 0.3) is 0 Å². The Morgan fingerprint density at radius 2 is 2.05 bits per heavy atom. The molecular weight excluding hydrogens is 282 g/mol.